The number of nitrogens with one attached hydrogen (secondary N) is 2. The smallest absolute Gasteiger partial charge is 0.303 e. The minimum absolute atomic E-state index is 0.309. The van der Waals surface area contributed by atoms with Gasteiger partial charge in [0.25, 0.3) is 0 Å². The molecule has 0 radical (unpaired) electrons. The van der Waals surface area contributed by atoms with E-state index in [9.17, 15) is 4.79 Å². The van der Waals surface area contributed by atoms with Crippen LogP contribution in [-0.2, 0) is 14.5 Å². The van der Waals surface area contributed by atoms with Gasteiger partial charge in [-0.3, -0.25) is 14.5 Å². The van der Waals surface area contributed by atoms with E-state index in [0.717, 1.165) is 51.6 Å². The summed E-state index contributed by atoms with van der Waals surface area (Å²) in [6, 6.07) is 0. The summed E-state index contributed by atoms with van der Waals surface area (Å²) in [5.74, 6) is 11.6. The Balaban J connectivity index is 0. The Morgan fingerprint density at radius 2 is 0.973 bits per heavy atom. The molecule has 6 heteroatoms. The molecule has 3 N–H and O–H groups in total. The standard InChI is InChI=1S/C25H42O2.C6H16N2O2/c1-2-3-4-5-6-7-8-9-10-11-12-13-14-15-16-17-18-19-20-21-22-23-24-25(26)27;1-3-7-9-5-6-10-8-4-2/h2-12,17-24H2,1H3,(H,26,27);7-8H,3-6H2,1-2H3. The van der Waals surface area contributed by atoms with E-state index in [-0.39, 0.29) is 0 Å². The molecule has 0 fully saturated rings. The summed E-state index contributed by atoms with van der Waals surface area (Å²) in [4.78, 5) is 20.2. The Morgan fingerprint density at radius 3 is 1.35 bits per heavy atom. The van der Waals surface area contributed by atoms with Crippen LogP contribution >= 0.6 is 0 Å². The van der Waals surface area contributed by atoms with Gasteiger partial charge < -0.3 is 5.11 Å². The molecule has 0 aliphatic heterocycles. The number of aliphatic carboxylic acids is 1. The van der Waals surface area contributed by atoms with E-state index in [1.54, 1.807) is 0 Å². The maximum Gasteiger partial charge on any atom is 0.303 e. The third-order valence-corrected chi connectivity index (χ3v) is 5.62. The highest BCUT2D eigenvalue weighted by atomic mass is 16.7. The van der Waals surface area contributed by atoms with Crippen molar-refractivity contribution in [2.75, 3.05) is 26.3 Å². The lowest BCUT2D eigenvalue weighted by molar-refractivity contribution is -0.137. The third kappa shape index (κ3) is 41.8. The number of carbonyl (C=O) groups is 1. The molecule has 0 heterocycles. The topological polar surface area (TPSA) is 79.8 Å². The molecule has 0 aromatic carbocycles. The first-order chi connectivity index (χ1) is 18.2. The van der Waals surface area contributed by atoms with Crippen LogP contribution in [0.4, 0.5) is 0 Å². The Labute approximate surface area is 229 Å². The summed E-state index contributed by atoms with van der Waals surface area (Å²) in [5.41, 5.74) is 5.43. The van der Waals surface area contributed by atoms with Crippen LogP contribution in [0.25, 0.3) is 0 Å². The fraction of sp³-hybridized carbons (Fsp3) is 0.839. The summed E-state index contributed by atoms with van der Waals surface area (Å²) in [5, 5.41) is 8.55. The van der Waals surface area contributed by atoms with Crippen molar-refractivity contribution in [3.8, 4) is 23.7 Å². The Kier molecular flexibility index (Phi) is 37.2. The molecular weight excluding hydrogens is 464 g/mol. The van der Waals surface area contributed by atoms with E-state index >= 15 is 0 Å². The first-order valence-corrected chi connectivity index (χ1v) is 15.1. The van der Waals surface area contributed by atoms with Gasteiger partial charge in [0.15, 0.2) is 0 Å². The average molecular weight is 523 g/mol. The largest absolute Gasteiger partial charge is 0.481 e. The van der Waals surface area contributed by atoms with Crippen molar-refractivity contribution in [3.63, 3.8) is 0 Å². The van der Waals surface area contributed by atoms with Gasteiger partial charge in [0, 0.05) is 32.4 Å². The van der Waals surface area contributed by atoms with Crippen molar-refractivity contribution in [1.29, 1.82) is 0 Å². The van der Waals surface area contributed by atoms with E-state index in [2.05, 4.69) is 41.6 Å². The number of rotatable bonds is 25. The molecule has 0 bridgehead atoms. The second-order valence-electron chi connectivity index (χ2n) is 9.24. The summed E-state index contributed by atoms with van der Waals surface area (Å²) in [6.07, 6.45) is 22.4. The maximum atomic E-state index is 10.4. The zero-order valence-corrected chi connectivity index (χ0v) is 24.4. The summed E-state index contributed by atoms with van der Waals surface area (Å²) >= 11 is 0. The number of hydrogen-bond donors (Lipinski definition) is 3. The highest BCUT2D eigenvalue weighted by Crippen LogP contribution is 2.11. The van der Waals surface area contributed by atoms with Gasteiger partial charge in [-0.25, -0.2) is 11.0 Å². The normalized spacial score (nSPS) is 10.0. The summed E-state index contributed by atoms with van der Waals surface area (Å²) in [7, 11) is 0. The molecule has 0 rings (SSSR count). The molecule has 0 saturated heterocycles. The molecule has 0 aliphatic carbocycles. The predicted octanol–water partition coefficient (Wildman–Crippen LogP) is 7.58. The second kappa shape index (κ2) is 36.6. The lowest BCUT2D eigenvalue weighted by Gasteiger charge is -2.03. The lowest BCUT2D eigenvalue weighted by Crippen LogP contribution is -2.21. The van der Waals surface area contributed by atoms with Crippen molar-refractivity contribution in [3.05, 3.63) is 0 Å². The number of unbranched alkanes of at least 4 members (excludes halogenated alkanes) is 16. The van der Waals surface area contributed by atoms with Crippen molar-refractivity contribution in [1.82, 2.24) is 11.0 Å². The zero-order chi connectivity index (χ0) is 27.5. The van der Waals surface area contributed by atoms with Gasteiger partial charge in [-0.2, -0.15) is 0 Å². The van der Waals surface area contributed by atoms with Crippen LogP contribution in [0, 0.1) is 23.7 Å². The third-order valence-electron chi connectivity index (χ3n) is 5.62. The van der Waals surface area contributed by atoms with Crippen molar-refractivity contribution >= 4 is 5.97 Å². The van der Waals surface area contributed by atoms with E-state index in [1.165, 1.54) is 77.0 Å². The van der Waals surface area contributed by atoms with Crippen molar-refractivity contribution < 1.29 is 19.6 Å². The molecule has 0 aromatic rings. The van der Waals surface area contributed by atoms with E-state index in [0.29, 0.717) is 19.6 Å². The fourth-order valence-electron chi connectivity index (χ4n) is 3.54. The Hall–Kier alpha value is -1.57. The highest BCUT2D eigenvalue weighted by Gasteiger charge is 1.96. The Morgan fingerprint density at radius 1 is 0.595 bits per heavy atom. The number of hydroxylamine groups is 2. The van der Waals surface area contributed by atoms with Crippen molar-refractivity contribution in [2.45, 2.75) is 143 Å². The van der Waals surface area contributed by atoms with Gasteiger partial charge >= 0.3 is 5.97 Å². The molecule has 0 saturated carbocycles. The minimum Gasteiger partial charge on any atom is -0.481 e. The first kappa shape index (κ1) is 37.6. The first-order valence-electron chi connectivity index (χ1n) is 15.1. The van der Waals surface area contributed by atoms with E-state index in [1.807, 2.05) is 13.8 Å². The van der Waals surface area contributed by atoms with Crippen LogP contribution in [0.3, 0.4) is 0 Å². The van der Waals surface area contributed by atoms with Gasteiger partial charge in [-0.1, -0.05) is 116 Å². The molecular formula is C31H58N2O4. The van der Waals surface area contributed by atoms with Gasteiger partial charge in [-0.15, -0.1) is 0 Å². The summed E-state index contributed by atoms with van der Waals surface area (Å²) in [6.45, 7) is 9.01. The molecule has 0 unspecified atom stereocenters. The minimum atomic E-state index is -0.681. The van der Waals surface area contributed by atoms with E-state index in [4.69, 9.17) is 14.8 Å². The summed E-state index contributed by atoms with van der Waals surface area (Å²) < 4.78 is 0. The zero-order valence-electron chi connectivity index (χ0n) is 24.4. The van der Waals surface area contributed by atoms with Crippen LogP contribution < -0.4 is 11.0 Å². The molecule has 0 atom stereocenters. The van der Waals surface area contributed by atoms with Crippen LogP contribution in [0.1, 0.15) is 143 Å². The molecule has 0 aliphatic rings. The quantitative estimate of drug-likeness (QED) is 0.0651. The van der Waals surface area contributed by atoms with Gasteiger partial charge in [-0.05, 0) is 31.1 Å². The number of hydrogen-bond acceptors (Lipinski definition) is 5. The van der Waals surface area contributed by atoms with Gasteiger partial charge in [0.2, 0.25) is 0 Å². The lowest BCUT2D eigenvalue weighted by atomic mass is 10.1. The molecule has 0 spiro atoms. The fourth-order valence-corrected chi connectivity index (χ4v) is 3.54. The van der Waals surface area contributed by atoms with Crippen molar-refractivity contribution in [2.24, 2.45) is 0 Å². The second-order valence-corrected chi connectivity index (χ2v) is 9.24. The SMILES string of the molecule is CCCCCCCCCCCCC#CC#CCCCCCCCCC(=O)O.CCNOCCONCC. The molecule has 6 nitrogen and oxygen atoms in total. The predicted molar refractivity (Wildman–Crippen MR) is 156 cm³/mol. The highest BCUT2D eigenvalue weighted by molar-refractivity contribution is 5.66. The number of carboxylic acid groups (broad SMARTS) is 1. The monoisotopic (exact) mass is 522 g/mol. The van der Waals surface area contributed by atoms with Gasteiger partial charge in [0.05, 0.1) is 13.2 Å². The maximum absolute atomic E-state index is 10.4. The van der Waals surface area contributed by atoms with Crippen LogP contribution in [0.5, 0.6) is 0 Å². The number of carboxylic acids is 1. The van der Waals surface area contributed by atoms with Crippen LogP contribution in [0.15, 0.2) is 0 Å². The molecule has 0 amide bonds. The molecule has 216 valence electrons. The molecule has 37 heavy (non-hydrogen) atoms. The van der Waals surface area contributed by atoms with Crippen LogP contribution in [-0.4, -0.2) is 37.4 Å². The molecule has 0 aromatic heterocycles. The average Bonchev–Trinajstić information content (AvgIpc) is 2.89. The Bertz CT molecular complexity index is 567. The van der Waals surface area contributed by atoms with Crippen LogP contribution in [0.2, 0.25) is 0 Å². The van der Waals surface area contributed by atoms with Gasteiger partial charge in [0.1, 0.15) is 0 Å². The van der Waals surface area contributed by atoms with E-state index < -0.39 is 5.97 Å².